The van der Waals surface area contributed by atoms with E-state index in [1.165, 1.54) is 0 Å². The summed E-state index contributed by atoms with van der Waals surface area (Å²) >= 11 is 0. The minimum Gasteiger partial charge on any atom is -0.493 e. The number of ether oxygens (including phenoxy) is 2. The van der Waals surface area contributed by atoms with Crippen LogP contribution in [0, 0.1) is 0 Å². The number of hydrogen-bond donors (Lipinski definition) is 1. The number of aromatic nitrogens is 2. The lowest BCUT2D eigenvalue weighted by Gasteiger charge is -2.15. The predicted molar refractivity (Wildman–Crippen MR) is 87.9 cm³/mol. The quantitative estimate of drug-likeness (QED) is 0.812. The molecular weight excluding hydrogens is 280 g/mol. The number of aryl methyl sites for hydroxylation is 1. The van der Waals surface area contributed by atoms with Crippen molar-refractivity contribution in [2.75, 3.05) is 20.8 Å². The van der Waals surface area contributed by atoms with Crippen LogP contribution in [0.3, 0.4) is 0 Å². The molecule has 1 aromatic carbocycles. The topological polar surface area (TPSA) is 56.5 Å². The van der Waals surface area contributed by atoms with Crippen molar-refractivity contribution in [3.8, 4) is 11.5 Å². The molecule has 22 heavy (non-hydrogen) atoms. The molecule has 5 nitrogen and oxygen atoms in total. The van der Waals surface area contributed by atoms with Gasteiger partial charge in [-0.2, -0.15) is 0 Å². The molecule has 0 aliphatic carbocycles. The highest BCUT2D eigenvalue weighted by Crippen LogP contribution is 2.34. The van der Waals surface area contributed by atoms with Gasteiger partial charge in [-0.1, -0.05) is 13.8 Å². The number of fused-ring (bicyclic) bond motifs is 1. The highest BCUT2D eigenvalue weighted by molar-refractivity contribution is 5.80. The van der Waals surface area contributed by atoms with E-state index in [1.54, 1.807) is 14.2 Å². The van der Waals surface area contributed by atoms with Crippen LogP contribution in [0.25, 0.3) is 11.0 Å². The van der Waals surface area contributed by atoms with Crippen LogP contribution in [0.4, 0.5) is 0 Å². The summed E-state index contributed by atoms with van der Waals surface area (Å²) in [5.41, 5.74) is 1.95. The zero-order valence-corrected chi connectivity index (χ0v) is 13.9. The Morgan fingerprint density at radius 2 is 1.77 bits per heavy atom. The summed E-state index contributed by atoms with van der Waals surface area (Å²) in [7, 11) is 3.27. The van der Waals surface area contributed by atoms with Crippen LogP contribution < -0.4 is 9.47 Å². The maximum absolute atomic E-state index is 9.19. The summed E-state index contributed by atoms with van der Waals surface area (Å²) in [6.45, 7) is 5.31. The van der Waals surface area contributed by atoms with E-state index in [4.69, 9.17) is 14.5 Å². The monoisotopic (exact) mass is 306 g/mol. The van der Waals surface area contributed by atoms with Crippen LogP contribution >= 0.6 is 0 Å². The number of rotatable bonds is 8. The fourth-order valence-corrected chi connectivity index (χ4v) is 2.90. The molecule has 0 bridgehead atoms. The molecule has 2 rings (SSSR count). The van der Waals surface area contributed by atoms with Crippen LogP contribution in [-0.2, 0) is 6.54 Å². The third-order valence-corrected chi connectivity index (χ3v) is 4.17. The molecule has 0 aliphatic rings. The third-order valence-electron chi connectivity index (χ3n) is 4.17. The molecule has 5 heteroatoms. The van der Waals surface area contributed by atoms with E-state index in [0.717, 1.165) is 36.2 Å². The molecule has 0 amide bonds. The number of aliphatic hydroxyl groups excluding tert-OH is 1. The molecule has 1 heterocycles. The molecule has 0 saturated carbocycles. The van der Waals surface area contributed by atoms with E-state index in [-0.39, 0.29) is 6.61 Å². The van der Waals surface area contributed by atoms with Gasteiger partial charge in [0, 0.05) is 31.2 Å². The third kappa shape index (κ3) is 3.04. The first kappa shape index (κ1) is 16.6. The summed E-state index contributed by atoms with van der Waals surface area (Å²) < 4.78 is 13.0. The van der Waals surface area contributed by atoms with Gasteiger partial charge in [0.1, 0.15) is 5.82 Å². The first-order valence-electron chi connectivity index (χ1n) is 7.93. The largest absolute Gasteiger partial charge is 0.493 e. The predicted octanol–water partition coefficient (Wildman–Crippen LogP) is 3.34. The van der Waals surface area contributed by atoms with Gasteiger partial charge < -0.3 is 19.1 Å². The lowest BCUT2D eigenvalue weighted by molar-refractivity contribution is 0.279. The molecule has 0 radical (unpaired) electrons. The zero-order valence-electron chi connectivity index (χ0n) is 13.9. The number of aliphatic hydroxyl groups is 1. The number of nitrogens with zero attached hydrogens (tertiary/aromatic N) is 2. The molecule has 0 saturated heterocycles. The van der Waals surface area contributed by atoms with E-state index in [1.807, 2.05) is 12.1 Å². The second-order valence-electron chi connectivity index (χ2n) is 5.41. The summed E-state index contributed by atoms with van der Waals surface area (Å²) in [5.74, 6) is 2.90. The molecule has 1 N–H and O–H groups in total. The second kappa shape index (κ2) is 7.49. The minimum atomic E-state index is 0.176. The molecule has 1 aromatic heterocycles. The summed E-state index contributed by atoms with van der Waals surface area (Å²) in [5, 5.41) is 9.19. The van der Waals surface area contributed by atoms with Crippen LogP contribution in [0.15, 0.2) is 12.1 Å². The number of hydrogen-bond acceptors (Lipinski definition) is 4. The Hall–Kier alpha value is -1.75. The Morgan fingerprint density at radius 3 is 2.32 bits per heavy atom. The van der Waals surface area contributed by atoms with Gasteiger partial charge in [0.2, 0.25) is 0 Å². The van der Waals surface area contributed by atoms with Crippen molar-refractivity contribution in [3.05, 3.63) is 18.0 Å². The van der Waals surface area contributed by atoms with Gasteiger partial charge in [0.25, 0.3) is 0 Å². The minimum absolute atomic E-state index is 0.176. The number of benzene rings is 1. The van der Waals surface area contributed by atoms with Crippen LogP contribution in [0.5, 0.6) is 11.5 Å². The van der Waals surface area contributed by atoms with Gasteiger partial charge in [0.05, 0.1) is 25.3 Å². The van der Waals surface area contributed by atoms with Crippen molar-refractivity contribution in [3.63, 3.8) is 0 Å². The summed E-state index contributed by atoms with van der Waals surface area (Å²) in [6.07, 6.45) is 2.81. The fraction of sp³-hybridized carbons (Fsp3) is 0.588. The van der Waals surface area contributed by atoms with Gasteiger partial charge in [-0.15, -0.1) is 0 Å². The number of methoxy groups -OCH3 is 2. The smallest absolute Gasteiger partial charge is 0.163 e. The van der Waals surface area contributed by atoms with Crippen molar-refractivity contribution < 1.29 is 14.6 Å². The molecule has 0 unspecified atom stereocenters. The molecule has 0 fully saturated rings. The van der Waals surface area contributed by atoms with Crippen LogP contribution in [0.1, 0.15) is 44.9 Å². The fourth-order valence-electron chi connectivity index (χ4n) is 2.90. The van der Waals surface area contributed by atoms with E-state index in [2.05, 4.69) is 18.4 Å². The van der Waals surface area contributed by atoms with Crippen LogP contribution in [-0.4, -0.2) is 35.5 Å². The lowest BCUT2D eigenvalue weighted by Crippen LogP contribution is -2.09. The average Bonchev–Trinajstić information content (AvgIpc) is 2.90. The SMILES string of the molecule is CCC(CC)c1nc2cc(OC)c(OC)cc2n1CCCO. The van der Waals surface area contributed by atoms with Gasteiger partial charge in [-0.05, 0) is 19.3 Å². The maximum atomic E-state index is 9.19. The number of imidazole rings is 1. The lowest BCUT2D eigenvalue weighted by atomic mass is 10.0. The Labute approximate surface area is 131 Å². The van der Waals surface area contributed by atoms with E-state index >= 15 is 0 Å². The van der Waals surface area contributed by atoms with Crippen LogP contribution in [0.2, 0.25) is 0 Å². The Morgan fingerprint density at radius 1 is 1.14 bits per heavy atom. The highest BCUT2D eigenvalue weighted by Gasteiger charge is 2.19. The van der Waals surface area contributed by atoms with Crippen molar-refractivity contribution >= 4 is 11.0 Å². The normalized spacial score (nSPS) is 11.4. The zero-order chi connectivity index (χ0) is 16.1. The van der Waals surface area contributed by atoms with Crippen molar-refractivity contribution in [2.24, 2.45) is 0 Å². The first-order chi connectivity index (χ1) is 10.7. The highest BCUT2D eigenvalue weighted by atomic mass is 16.5. The maximum Gasteiger partial charge on any atom is 0.163 e. The standard InChI is InChI=1S/C17H26N2O3/c1-5-12(6-2)17-18-13-10-15(21-3)16(22-4)11-14(13)19(17)8-7-9-20/h10-12,20H,5-9H2,1-4H3. The average molecular weight is 306 g/mol. The van der Waals surface area contributed by atoms with Gasteiger partial charge in [-0.25, -0.2) is 4.98 Å². The van der Waals surface area contributed by atoms with E-state index in [0.29, 0.717) is 23.8 Å². The second-order valence-corrected chi connectivity index (χ2v) is 5.41. The molecule has 0 aliphatic heterocycles. The molecule has 2 aromatic rings. The Bertz CT molecular complexity index is 618. The molecule has 122 valence electrons. The van der Waals surface area contributed by atoms with Crippen molar-refractivity contribution in [2.45, 2.75) is 45.6 Å². The first-order valence-corrected chi connectivity index (χ1v) is 7.93. The summed E-state index contributed by atoms with van der Waals surface area (Å²) in [4.78, 5) is 4.84. The Kier molecular flexibility index (Phi) is 5.66. The van der Waals surface area contributed by atoms with Gasteiger partial charge in [-0.3, -0.25) is 0 Å². The molecular formula is C17H26N2O3. The van der Waals surface area contributed by atoms with Gasteiger partial charge in [0.15, 0.2) is 11.5 Å². The van der Waals surface area contributed by atoms with E-state index < -0.39 is 0 Å². The Balaban J connectivity index is 2.62. The van der Waals surface area contributed by atoms with Crippen molar-refractivity contribution in [1.29, 1.82) is 0 Å². The van der Waals surface area contributed by atoms with Gasteiger partial charge >= 0.3 is 0 Å². The molecule has 0 atom stereocenters. The van der Waals surface area contributed by atoms with E-state index in [9.17, 15) is 5.11 Å². The summed E-state index contributed by atoms with van der Waals surface area (Å²) in [6, 6.07) is 3.90. The van der Waals surface area contributed by atoms with Crippen molar-refractivity contribution in [1.82, 2.24) is 9.55 Å². The molecule has 0 spiro atoms.